The van der Waals surface area contributed by atoms with Gasteiger partial charge in [-0.05, 0) is 42.5 Å². The third-order valence-electron chi connectivity index (χ3n) is 5.29. The van der Waals surface area contributed by atoms with E-state index < -0.39 is 0 Å². The van der Waals surface area contributed by atoms with Gasteiger partial charge in [-0.25, -0.2) is 4.98 Å². The minimum Gasteiger partial charge on any atom is -0.493 e. The molecule has 0 aliphatic carbocycles. The molecule has 0 saturated carbocycles. The van der Waals surface area contributed by atoms with E-state index in [4.69, 9.17) is 4.74 Å². The summed E-state index contributed by atoms with van der Waals surface area (Å²) in [6.07, 6.45) is 2.19. The second kappa shape index (κ2) is 8.44. The largest absolute Gasteiger partial charge is 0.493 e. The van der Waals surface area contributed by atoms with Gasteiger partial charge < -0.3 is 19.7 Å². The molecule has 2 aromatic carbocycles. The van der Waals surface area contributed by atoms with Crippen LogP contribution in [0.1, 0.15) is 24.2 Å². The first-order valence-corrected chi connectivity index (χ1v) is 9.77. The van der Waals surface area contributed by atoms with Crippen LogP contribution in [0.5, 0.6) is 5.75 Å². The zero-order valence-corrected chi connectivity index (χ0v) is 15.8. The fourth-order valence-corrected chi connectivity index (χ4v) is 3.79. The highest BCUT2D eigenvalue weighted by Gasteiger charge is 2.18. The lowest BCUT2D eigenvalue weighted by molar-refractivity contribution is -0.121. The summed E-state index contributed by atoms with van der Waals surface area (Å²) in [5, 5.41) is 12.6. The average molecular weight is 379 g/mol. The Kier molecular flexibility index (Phi) is 5.58. The quantitative estimate of drug-likeness (QED) is 0.690. The van der Waals surface area contributed by atoms with Crippen LogP contribution in [-0.2, 0) is 24.4 Å². The number of nitrogens with one attached hydrogen (secondary N) is 1. The Hall–Kier alpha value is -2.86. The highest BCUT2D eigenvalue weighted by atomic mass is 16.5. The first kappa shape index (κ1) is 18.5. The summed E-state index contributed by atoms with van der Waals surface area (Å²) >= 11 is 0. The number of rotatable bonds is 6. The lowest BCUT2D eigenvalue weighted by Gasteiger charge is -2.15. The Bertz CT molecular complexity index is 967. The Balaban J connectivity index is 1.33. The molecule has 1 aromatic heterocycles. The molecule has 0 radical (unpaired) electrons. The van der Waals surface area contributed by atoms with Crippen molar-refractivity contribution in [2.24, 2.45) is 5.92 Å². The molecule has 28 heavy (non-hydrogen) atoms. The van der Waals surface area contributed by atoms with Gasteiger partial charge in [0.15, 0.2) is 0 Å². The Morgan fingerprint density at radius 1 is 1.21 bits per heavy atom. The van der Waals surface area contributed by atoms with Gasteiger partial charge in [0.25, 0.3) is 0 Å². The molecule has 6 nitrogen and oxygen atoms in total. The number of fused-ring (bicyclic) bond motifs is 2. The first-order valence-electron chi connectivity index (χ1n) is 9.77. The van der Waals surface area contributed by atoms with E-state index in [1.54, 1.807) is 0 Å². The number of aryl methyl sites for hydroxylation is 1. The number of hydrogen-bond acceptors (Lipinski definition) is 4. The van der Waals surface area contributed by atoms with Gasteiger partial charge in [-0.3, -0.25) is 4.79 Å². The maximum Gasteiger partial charge on any atom is 0.221 e. The van der Waals surface area contributed by atoms with Crippen molar-refractivity contribution in [1.82, 2.24) is 14.9 Å². The topological polar surface area (TPSA) is 76.4 Å². The van der Waals surface area contributed by atoms with Crippen molar-refractivity contribution in [3.8, 4) is 5.75 Å². The van der Waals surface area contributed by atoms with E-state index in [2.05, 4.69) is 16.4 Å². The number of carbonyl (C=O) groups excluding carboxylic acids is 1. The first-order chi connectivity index (χ1) is 13.7. The second-order valence-corrected chi connectivity index (χ2v) is 7.20. The van der Waals surface area contributed by atoms with Crippen LogP contribution in [0.2, 0.25) is 0 Å². The van der Waals surface area contributed by atoms with Gasteiger partial charge in [-0.1, -0.05) is 30.3 Å². The molecule has 0 saturated heterocycles. The van der Waals surface area contributed by atoms with E-state index in [0.717, 1.165) is 29.6 Å². The third-order valence-corrected chi connectivity index (χ3v) is 5.29. The molecule has 0 bridgehead atoms. The molecule has 1 aliphatic rings. The summed E-state index contributed by atoms with van der Waals surface area (Å²) in [6, 6.07) is 15.8. The number of imidazole rings is 1. The SMILES string of the molecule is O=C(CCn1c(CO)nc2ccccc21)NC[C@H]1CCOc2ccccc2C1. The van der Waals surface area contributed by atoms with Crippen molar-refractivity contribution in [3.63, 3.8) is 0 Å². The van der Waals surface area contributed by atoms with Gasteiger partial charge in [0.05, 0.1) is 17.6 Å². The lowest BCUT2D eigenvalue weighted by atomic mass is 9.97. The Labute approximate surface area is 164 Å². The van der Waals surface area contributed by atoms with Crippen molar-refractivity contribution in [2.45, 2.75) is 32.4 Å². The molecule has 146 valence electrons. The molecule has 0 fully saturated rings. The molecule has 0 unspecified atom stereocenters. The average Bonchev–Trinajstić information content (AvgIpc) is 2.95. The van der Waals surface area contributed by atoms with Gasteiger partial charge in [0.1, 0.15) is 18.2 Å². The number of benzene rings is 2. The van der Waals surface area contributed by atoms with Crippen LogP contribution >= 0.6 is 0 Å². The Morgan fingerprint density at radius 2 is 2.04 bits per heavy atom. The predicted molar refractivity (Wildman–Crippen MR) is 107 cm³/mol. The standard InChI is InChI=1S/C22H25N3O3/c26-15-21-24-18-6-2-3-7-19(18)25(21)11-9-22(27)23-14-16-10-12-28-20-8-4-1-5-17(20)13-16/h1-8,16,26H,9-15H2,(H,23,27)/t16-/m0/s1. The number of aliphatic hydroxyl groups is 1. The summed E-state index contributed by atoms with van der Waals surface area (Å²) in [5.74, 6) is 1.93. The van der Waals surface area contributed by atoms with Gasteiger partial charge in [0.2, 0.25) is 5.91 Å². The number of aliphatic hydroxyl groups excluding tert-OH is 1. The monoisotopic (exact) mass is 379 g/mol. The molecule has 3 aromatic rings. The number of carbonyl (C=O) groups is 1. The smallest absolute Gasteiger partial charge is 0.221 e. The number of aromatic nitrogens is 2. The fraction of sp³-hybridized carbons (Fsp3) is 0.364. The van der Waals surface area contributed by atoms with Crippen molar-refractivity contribution in [1.29, 1.82) is 0 Å². The molecule has 6 heteroatoms. The van der Waals surface area contributed by atoms with Gasteiger partial charge >= 0.3 is 0 Å². The molecule has 1 amide bonds. The van der Waals surface area contributed by atoms with Crippen LogP contribution in [0.3, 0.4) is 0 Å². The van der Waals surface area contributed by atoms with Crippen LogP contribution < -0.4 is 10.1 Å². The van der Waals surface area contributed by atoms with Crippen molar-refractivity contribution in [2.75, 3.05) is 13.2 Å². The molecule has 2 heterocycles. The van der Waals surface area contributed by atoms with Crippen LogP contribution in [0.4, 0.5) is 0 Å². The number of para-hydroxylation sites is 3. The van der Waals surface area contributed by atoms with Crippen molar-refractivity contribution < 1.29 is 14.6 Å². The van der Waals surface area contributed by atoms with Gasteiger partial charge in [-0.2, -0.15) is 0 Å². The minimum atomic E-state index is -0.141. The molecular weight excluding hydrogens is 354 g/mol. The predicted octanol–water partition coefficient (Wildman–Crippen LogP) is 2.68. The summed E-state index contributed by atoms with van der Waals surface area (Å²) in [6.45, 7) is 1.68. The van der Waals surface area contributed by atoms with Crippen LogP contribution in [0, 0.1) is 5.92 Å². The minimum absolute atomic E-state index is 0.0140. The lowest BCUT2D eigenvalue weighted by Crippen LogP contribution is -2.31. The zero-order chi connectivity index (χ0) is 19.3. The van der Waals surface area contributed by atoms with E-state index in [9.17, 15) is 9.90 Å². The molecular formula is C22H25N3O3. The third kappa shape index (κ3) is 4.02. The second-order valence-electron chi connectivity index (χ2n) is 7.20. The van der Waals surface area contributed by atoms with E-state index >= 15 is 0 Å². The molecule has 1 atom stereocenters. The number of ether oxygens (including phenoxy) is 1. The van der Waals surface area contributed by atoms with E-state index in [-0.39, 0.29) is 12.5 Å². The van der Waals surface area contributed by atoms with E-state index in [1.807, 2.05) is 47.0 Å². The molecule has 4 rings (SSSR count). The van der Waals surface area contributed by atoms with Crippen LogP contribution in [0.25, 0.3) is 11.0 Å². The summed E-state index contributed by atoms with van der Waals surface area (Å²) in [4.78, 5) is 16.8. The molecule has 1 aliphatic heterocycles. The summed E-state index contributed by atoms with van der Waals surface area (Å²) in [7, 11) is 0. The zero-order valence-electron chi connectivity index (χ0n) is 15.8. The fourth-order valence-electron chi connectivity index (χ4n) is 3.79. The normalized spacial score (nSPS) is 16.2. The highest BCUT2D eigenvalue weighted by molar-refractivity contribution is 5.78. The molecule has 0 spiro atoms. The van der Waals surface area contributed by atoms with E-state index in [0.29, 0.717) is 37.9 Å². The maximum absolute atomic E-state index is 12.4. The maximum atomic E-state index is 12.4. The summed E-state index contributed by atoms with van der Waals surface area (Å²) < 4.78 is 7.72. The number of nitrogens with zero attached hydrogens (tertiary/aromatic N) is 2. The Morgan fingerprint density at radius 3 is 2.93 bits per heavy atom. The van der Waals surface area contributed by atoms with Crippen molar-refractivity contribution in [3.05, 3.63) is 59.9 Å². The van der Waals surface area contributed by atoms with Gasteiger partial charge in [0, 0.05) is 19.5 Å². The number of hydrogen-bond donors (Lipinski definition) is 2. The highest BCUT2D eigenvalue weighted by Crippen LogP contribution is 2.26. The van der Waals surface area contributed by atoms with Gasteiger partial charge in [-0.15, -0.1) is 0 Å². The van der Waals surface area contributed by atoms with Crippen molar-refractivity contribution >= 4 is 16.9 Å². The van der Waals surface area contributed by atoms with Crippen LogP contribution in [-0.4, -0.2) is 33.7 Å². The summed E-state index contributed by atoms with van der Waals surface area (Å²) in [5.41, 5.74) is 2.98. The molecule has 2 N–H and O–H groups in total. The van der Waals surface area contributed by atoms with E-state index in [1.165, 1.54) is 5.56 Å². The van der Waals surface area contributed by atoms with Crippen LogP contribution in [0.15, 0.2) is 48.5 Å². The number of amides is 1.